The van der Waals surface area contributed by atoms with Crippen LogP contribution in [0.1, 0.15) is 39.5 Å². The topological polar surface area (TPSA) is 12.5 Å². The van der Waals surface area contributed by atoms with E-state index in [2.05, 4.69) is 26.0 Å². The van der Waals surface area contributed by atoms with Gasteiger partial charge in [-0.05, 0) is 25.7 Å². The minimum atomic E-state index is 0.814. The van der Waals surface area contributed by atoms with Gasteiger partial charge in [0.1, 0.15) is 0 Å². The second-order valence-corrected chi connectivity index (χ2v) is 3.78. The predicted octanol–water partition coefficient (Wildman–Crippen LogP) is 3.25. The van der Waals surface area contributed by atoms with Gasteiger partial charge in [-0.2, -0.15) is 5.06 Å². The fourth-order valence-electron chi connectivity index (χ4n) is 1.57. The van der Waals surface area contributed by atoms with Crippen molar-refractivity contribution in [2.24, 2.45) is 5.92 Å². The van der Waals surface area contributed by atoms with Gasteiger partial charge in [0.2, 0.25) is 0 Å². The maximum Gasteiger partial charge on any atom is 0.0575 e. The zero-order valence-electron chi connectivity index (χ0n) is 10.1. The Balaban J connectivity index is 3.71. The molecule has 0 aromatic heterocycles. The van der Waals surface area contributed by atoms with E-state index in [9.17, 15) is 0 Å². The van der Waals surface area contributed by atoms with E-state index in [1.807, 2.05) is 12.1 Å². The van der Waals surface area contributed by atoms with E-state index in [4.69, 9.17) is 4.84 Å². The fourth-order valence-corrected chi connectivity index (χ4v) is 1.57. The molecule has 0 aliphatic carbocycles. The lowest BCUT2D eigenvalue weighted by molar-refractivity contribution is -0.111. The molecule has 0 saturated carbocycles. The SMILES string of the molecule is C/C=C/C[C@@H](CCC)CCN(C)OC. The summed E-state index contributed by atoms with van der Waals surface area (Å²) >= 11 is 0. The summed E-state index contributed by atoms with van der Waals surface area (Å²) in [6.07, 6.45) is 9.45. The van der Waals surface area contributed by atoms with Gasteiger partial charge in [-0.3, -0.25) is 0 Å². The second-order valence-electron chi connectivity index (χ2n) is 3.78. The number of allylic oxidation sites excluding steroid dienone is 2. The minimum absolute atomic E-state index is 0.814. The summed E-state index contributed by atoms with van der Waals surface area (Å²) in [4.78, 5) is 5.10. The quantitative estimate of drug-likeness (QED) is 0.439. The molecule has 0 rings (SSSR count). The van der Waals surface area contributed by atoms with Gasteiger partial charge in [0.05, 0.1) is 7.11 Å². The van der Waals surface area contributed by atoms with Gasteiger partial charge in [0.15, 0.2) is 0 Å². The summed E-state index contributed by atoms with van der Waals surface area (Å²) in [7, 11) is 3.71. The standard InChI is InChI=1S/C12H25NO/c1-5-7-9-12(8-6-2)10-11-13(3)14-4/h5,7,12H,6,8-11H2,1-4H3/b7-5+/t12-/m1/s1. The van der Waals surface area contributed by atoms with Crippen molar-refractivity contribution in [3.63, 3.8) is 0 Å². The molecular weight excluding hydrogens is 174 g/mol. The van der Waals surface area contributed by atoms with E-state index in [1.165, 1.54) is 25.7 Å². The van der Waals surface area contributed by atoms with Crippen LogP contribution >= 0.6 is 0 Å². The van der Waals surface area contributed by atoms with Gasteiger partial charge in [-0.1, -0.05) is 31.9 Å². The van der Waals surface area contributed by atoms with Gasteiger partial charge >= 0.3 is 0 Å². The Bertz CT molecular complexity index is 145. The highest BCUT2D eigenvalue weighted by molar-refractivity contribution is 4.80. The van der Waals surface area contributed by atoms with Crippen molar-refractivity contribution in [2.45, 2.75) is 39.5 Å². The highest BCUT2D eigenvalue weighted by Crippen LogP contribution is 2.16. The molecule has 0 aliphatic rings. The van der Waals surface area contributed by atoms with Gasteiger partial charge in [-0.15, -0.1) is 0 Å². The molecule has 2 heteroatoms. The summed E-state index contributed by atoms with van der Waals surface area (Å²) in [6.45, 7) is 5.37. The van der Waals surface area contributed by atoms with Gasteiger partial charge in [0.25, 0.3) is 0 Å². The number of hydrogen-bond donors (Lipinski definition) is 0. The minimum Gasteiger partial charge on any atom is -0.303 e. The molecule has 0 spiro atoms. The maximum absolute atomic E-state index is 5.10. The van der Waals surface area contributed by atoms with Crippen LogP contribution in [0.15, 0.2) is 12.2 Å². The molecule has 1 atom stereocenters. The van der Waals surface area contributed by atoms with Gasteiger partial charge in [0, 0.05) is 13.6 Å². The molecule has 2 nitrogen and oxygen atoms in total. The molecule has 84 valence electrons. The molecular formula is C12H25NO. The molecule has 0 aromatic carbocycles. The lowest BCUT2D eigenvalue weighted by atomic mass is 9.96. The summed E-state index contributed by atoms with van der Waals surface area (Å²) in [5.74, 6) is 0.814. The van der Waals surface area contributed by atoms with Crippen LogP contribution in [-0.2, 0) is 4.84 Å². The molecule has 0 saturated heterocycles. The third-order valence-corrected chi connectivity index (χ3v) is 2.57. The van der Waals surface area contributed by atoms with Crippen molar-refractivity contribution in [3.05, 3.63) is 12.2 Å². The van der Waals surface area contributed by atoms with E-state index in [0.717, 1.165) is 12.5 Å². The van der Waals surface area contributed by atoms with Crippen molar-refractivity contribution in [1.82, 2.24) is 5.06 Å². The zero-order valence-corrected chi connectivity index (χ0v) is 10.1. The second kappa shape index (κ2) is 9.22. The Morgan fingerprint density at radius 1 is 1.36 bits per heavy atom. The largest absolute Gasteiger partial charge is 0.303 e. The molecule has 0 bridgehead atoms. The van der Waals surface area contributed by atoms with Crippen molar-refractivity contribution in [2.75, 3.05) is 20.7 Å². The number of hydroxylamine groups is 2. The Morgan fingerprint density at radius 2 is 2.07 bits per heavy atom. The summed E-state index contributed by atoms with van der Waals surface area (Å²) in [6, 6.07) is 0. The van der Waals surface area contributed by atoms with Crippen LogP contribution in [0.25, 0.3) is 0 Å². The predicted molar refractivity (Wildman–Crippen MR) is 62.1 cm³/mol. The average molecular weight is 199 g/mol. The average Bonchev–Trinajstić information content (AvgIpc) is 2.21. The Labute approximate surface area is 88.9 Å². The third-order valence-electron chi connectivity index (χ3n) is 2.57. The molecule has 0 radical (unpaired) electrons. The highest BCUT2D eigenvalue weighted by atomic mass is 16.7. The number of nitrogens with zero attached hydrogens (tertiary/aromatic N) is 1. The van der Waals surface area contributed by atoms with Crippen LogP contribution in [-0.4, -0.2) is 25.8 Å². The number of hydrogen-bond acceptors (Lipinski definition) is 2. The van der Waals surface area contributed by atoms with Crippen molar-refractivity contribution < 1.29 is 4.84 Å². The Kier molecular flexibility index (Phi) is 9.00. The van der Waals surface area contributed by atoms with Crippen molar-refractivity contribution in [1.29, 1.82) is 0 Å². The van der Waals surface area contributed by atoms with E-state index in [-0.39, 0.29) is 0 Å². The molecule has 0 fully saturated rings. The lowest BCUT2D eigenvalue weighted by Gasteiger charge is -2.18. The van der Waals surface area contributed by atoms with Gasteiger partial charge < -0.3 is 4.84 Å². The van der Waals surface area contributed by atoms with Crippen molar-refractivity contribution >= 4 is 0 Å². The Hall–Kier alpha value is -0.340. The maximum atomic E-state index is 5.10. The van der Waals surface area contributed by atoms with Crippen LogP contribution in [0.4, 0.5) is 0 Å². The molecule has 0 N–H and O–H groups in total. The first kappa shape index (κ1) is 13.7. The van der Waals surface area contributed by atoms with E-state index in [0.29, 0.717) is 0 Å². The lowest BCUT2D eigenvalue weighted by Crippen LogP contribution is -2.20. The highest BCUT2D eigenvalue weighted by Gasteiger charge is 2.07. The van der Waals surface area contributed by atoms with Crippen LogP contribution in [0.2, 0.25) is 0 Å². The van der Waals surface area contributed by atoms with Crippen LogP contribution in [0.3, 0.4) is 0 Å². The number of rotatable bonds is 8. The first-order chi connectivity index (χ1) is 6.74. The van der Waals surface area contributed by atoms with Crippen molar-refractivity contribution in [3.8, 4) is 0 Å². The molecule has 0 heterocycles. The monoisotopic (exact) mass is 199 g/mol. The van der Waals surface area contributed by atoms with E-state index >= 15 is 0 Å². The van der Waals surface area contributed by atoms with Crippen LogP contribution < -0.4 is 0 Å². The molecule has 14 heavy (non-hydrogen) atoms. The zero-order chi connectivity index (χ0) is 10.8. The summed E-state index contributed by atoms with van der Waals surface area (Å²) in [5.41, 5.74) is 0. The van der Waals surface area contributed by atoms with E-state index in [1.54, 1.807) is 7.11 Å². The van der Waals surface area contributed by atoms with Crippen LogP contribution in [0, 0.1) is 5.92 Å². The first-order valence-electron chi connectivity index (χ1n) is 5.61. The smallest absolute Gasteiger partial charge is 0.0575 e. The third kappa shape index (κ3) is 7.10. The summed E-state index contributed by atoms with van der Waals surface area (Å²) < 4.78 is 0. The van der Waals surface area contributed by atoms with E-state index < -0.39 is 0 Å². The molecule has 0 unspecified atom stereocenters. The van der Waals surface area contributed by atoms with Gasteiger partial charge in [-0.25, -0.2) is 0 Å². The molecule has 0 amide bonds. The van der Waals surface area contributed by atoms with Crippen LogP contribution in [0.5, 0.6) is 0 Å². The fraction of sp³-hybridized carbons (Fsp3) is 0.833. The Morgan fingerprint density at radius 3 is 2.57 bits per heavy atom. The molecule has 0 aliphatic heterocycles. The first-order valence-corrected chi connectivity index (χ1v) is 5.61. The molecule has 0 aromatic rings. The summed E-state index contributed by atoms with van der Waals surface area (Å²) in [5, 5.41) is 1.90. The normalized spacial score (nSPS) is 14.1.